The highest BCUT2D eigenvalue weighted by atomic mass is 16.4. The molecule has 0 fully saturated rings. The van der Waals surface area contributed by atoms with Gasteiger partial charge in [-0.2, -0.15) is 0 Å². The predicted molar refractivity (Wildman–Crippen MR) is 110 cm³/mol. The molecule has 0 spiro atoms. The van der Waals surface area contributed by atoms with Crippen LogP contribution in [0.4, 0.5) is 0 Å². The molecule has 0 aliphatic heterocycles. The standard InChI is InChI=1S/C13H32B4N4O6/c1-15(25)18-4-6-20(14-11-22)9-12(8-13(23)24)10-21(17(3)27)7-5-19-16(2)26/h11-12,14,18-19,25-27H,4-10H2,1-3H3,(H,23,24). The van der Waals surface area contributed by atoms with Crippen LogP contribution in [0.5, 0.6) is 0 Å². The number of rotatable bonds is 17. The van der Waals surface area contributed by atoms with Gasteiger partial charge in [0.1, 0.15) is 0 Å². The Kier molecular flexibility index (Phi) is 14.6. The molecule has 0 aliphatic rings. The lowest BCUT2D eigenvalue weighted by molar-refractivity contribution is -0.138. The minimum Gasteiger partial charge on any atom is -0.481 e. The highest BCUT2D eigenvalue weighted by Gasteiger charge is 2.24. The fourth-order valence-corrected chi connectivity index (χ4v) is 2.77. The van der Waals surface area contributed by atoms with E-state index in [1.54, 1.807) is 25.3 Å². The average molecular weight is 384 g/mol. The van der Waals surface area contributed by atoms with Gasteiger partial charge in [-0.1, -0.05) is 0 Å². The smallest absolute Gasteiger partial charge is 0.376 e. The molecule has 0 saturated heterocycles. The topological polar surface area (TPSA) is 146 Å². The van der Waals surface area contributed by atoms with Crippen LogP contribution in [-0.4, -0.2) is 110 Å². The van der Waals surface area contributed by atoms with Gasteiger partial charge in [0.2, 0.25) is 0 Å². The molecule has 1 unspecified atom stereocenters. The zero-order chi connectivity index (χ0) is 20.8. The summed E-state index contributed by atoms with van der Waals surface area (Å²) in [4.78, 5) is 25.7. The van der Waals surface area contributed by atoms with Crippen LogP contribution >= 0.6 is 0 Å². The lowest BCUT2D eigenvalue weighted by Crippen LogP contribution is -2.49. The molecule has 0 rings (SSSR count). The third kappa shape index (κ3) is 14.8. The van der Waals surface area contributed by atoms with Crippen LogP contribution in [0.3, 0.4) is 0 Å². The Hall–Kier alpha value is -0.880. The Labute approximate surface area is 163 Å². The van der Waals surface area contributed by atoms with Gasteiger partial charge >= 0.3 is 27.1 Å². The summed E-state index contributed by atoms with van der Waals surface area (Å²) in [5.41, 5.74) is 0. The first kappa shape index (κ1) is 26.1. The first-order valence-corrected chi connectivity index (χ1v) is 9.28. The van der Waals surface area contributed by atoms with E-state index in [1.165, 1.54) is 0 Å². The van der Waals surface area contributed by atoms with E-state index in [4.69, 9.17) is 0 Å². The van der Waals surface area contributed by atoms with Gasteiger partial charge in [-0.3, -0.25) is 4.79 Å². The van der Waals surface area contributed by atoms with E-state index in [0.29, 0.717) is 39.3 Å². The van der Waals surface area contributed by atoms with Gasteiger partial charge in [0.25, 0.3) is 7.41 Å². The summed E-state index contributed by atoms with van der Waals surface area (Å²) >= 11 is 0. The Balaban J connectivity index is 4.86. The maximum atomic E-state index is 11.2. The summed E-state index contributed by atoms with van der Waals surface area (Å²) in [5, 5.41) is 43.4. The van der Waals surface area contributed by atoms with Crippen molar-refractivity contribution in [3.63, 3.8) is 0 Å². The highest BCUT2D eigenvalue weighted by Crippen LogP contribution is 2.10. The van der Waals surface area contributed by atoms with Crippen molar-refractivity contribution in [3.05, 3.63) is 0 Å². The number of carboxylic acids is 1. The SMILES string of the molecule is CB(O)NCCN(BC=O)CC(CC(=O)O)CN(CCNB(C)O)B(C)O. The van der Waals surface area contributed by atoms with Crippen molar-refractivity contribution in [1.29, 1.82) is 0 Å². The number of carbonyl (C=O) groups is 2. The van der Waals surface area contributed by atoms with Crippen molar-refractivity contribution < 1.29 is 29.8 Å². The van der Waals surface area contributed by atoms with Crippen LogP contribution in [-0.2, 0) is 9.59 Å². The first-order valence-electron chi connectivity index (χ1n) is 9.28. The molecule has 0 aromatic carbocycles. The van der Waals surface area contributed by atoms with Crippen LogP contribution in [0.25, 0.3) is 0 Å². The molecule has 1 atom stereocenters. The van der Waals surface area contributed by atoms with Gasteiger partial charge in [0.15, 0.2) is 0 Å². The van der Waals surface area contributed by atoms with Crippen LogP contribution < -0.4 is 10.5 Å². The summed E-state index contributed by atoms with van der Waals surface area (Å²) in [7, 11) is -1.94. The second-order valence-corrected chi connectivity index (χ2v) is 6.78. The zero-order valence-electron chi connectivity index (χ0n) is 16.5. The molecular weight excluding hydrogens is 351 g/mol. The largest absolute Gasteiger partial charge is 0.481 e. The van der Waals surface area contributed by atoms with Crippen molar-refractivity contribution in [2.75, 3.05) is 39.3 Å². The third-order valence-electron chi connectivity index (χ3n) is 4.04. The first-order chi connectivity index (χ1) is 12.6. The molecule has 14 heteroatoms. The molecule has 0 aliphatic carbocycles. The monoisotopic (exact) mass is 384 g/mol. The second-order valence-electron chi connectivity index (χ2n) is 6.78. The van der Waals surface area contributed by atoms with Crippen molar-refractivity contribution in [3.8, 4) is 0 Å². The fraction of sp³-hybridized carbons (Fsp3) is 0.846. The molecule has 0 radical (unpaired) electrons. The lowest BCUT2D eigenvalue weighted by atomic mass is 9.82. The van der Waals surface area contributed by atoms with E-state index in [-0.39, 0.29) is 19.8 Å². The lowest BCUT2D eigenvalue weighted by Gasteiger charge is -2.31. The molecule has 0 aromatic heterocycles. The molecule has 152 valence electrons. The Morgan fingerprint density at radius 2 is 1.63 bits per heavy atom. The minimum absolute atomic E-state index is 0.0910. The Morgan fingerprint density at radius 3 is 2.07 bits per heavy atom. The predicted octanol–water partition coefficient (Wildman–Crippen LogP) is -3.27. The number of nitrogens with zero attached hydrogens (tertiary/aromatic N) is 2. The van der Waals surface area contributed by atoms with E-state index in [0.717, 1.165) is 6.19 Å². The van der Waals surface area contributed by atoms with Crippen molar-refractivity contribution in [2.45, 2.75) is 26.9 Å². The van der Waals surface area contributed by atoms with Crippen molar-refractivity contribution in [2.24, 2.45) is 5.92 Å². The molecule has 0 aromatic rings. The van der Waals surface area contributed by atoms with Gasteiger partial charge in [-0.15, -0.1) is 0 Å². The van der Waals surface area contributed by atoms with Gasteiger partial charge in [-0.25, -0.2) is 0 Å². The van der Waals surface area contributed by atoms with E-state index >= 15 is 0 Å². The normalized spacial score (nSPS) is 12.1. The number of hydrogen-bond donors (Lipinski definition) is 6. The van der Waals surface area contributed by atoms with Gasteiger partial charge in [0.05, 0.1) is 12.6 Å². The Bertz CT molecular complexity index is 422. The molecule has 0 bridgehead atoms. The molecule has 0 saturated carbocycles. The maximum absolute atomic E-state index is 11.2. The summed E-state index contributed by atoms with van der Waals surface area (Å²) < 4.78 is 0. The van der Waals surface area contributed by atoms with Gasteiger partial charge < -0.3 is 45.1 Å². The molecule has 0 amide bonds. The number of carboxylic acid groups (broad SMARTS) is 1. The summed E-state index contributed by atoms with van der Waals surface area (Å²) in [6.07, 6.45) is 0.672. The van der Waals surface area contributed by atoms with E-state index < -0.39 is 27.1 Å². The summed E-state index contributed by atoms with van der Waals surface area (Å²) in [6, 6.07) is 0. The van der Waals surface area contributed by atoms with Gasteiger partial charge in [0, 0.05) is 6.54 Å². The van der Waals surface area contributed by atoms with E-state index in [9.17, 15) is 29.8 Å². The van der Waals surface area contributed by atoms with E-state index in [1.807, 2.05) is 4.81 Å². The number of carbonyl (C=O) groups excluding carboxylic acids is 1. The number of nitrogens with one attached hydrogen (secondary N) is 2. The van der Waals surface area contributed by atoms with Crippen LogP contribution in [0.15, 0.2) is 0 Å². The summed E-state index contributed by atoms with van der Waals surface area (Å²) in [6.45, 7) is 7.34. The maximum Gasteiger partial charge on any atom is 0.376 e. The van der Waals surface area contributed by atoms with E-state index in [2.05, 4.69) is 10.5 Å². The van der Waals surface area contributed by atoms with Crippen molar-refractivity contribution in [1.82, 2.24) is 20.1 Å². The highest BCUT2D eigenvalue weighted by molar-refractivity contribution is 6.64. The fourth-order valence-electron chi connectivity index (χ4n) is 2.77. The molecular formula is C13H32B4N4O6. The summed E-state index contributed by atoms with van der Waals surface area (Å²) in [5.74, 6) is -1.24. The second kappa shape index (κ2) is 15.1. The average Bonchev–Trinajstić information content (AvgIpc) is 2.52. The molecule has 6 N–H and O–H groups in total. The van der Waals surface area contributed by atoms with Crippen LogP contribution in [0.2, 0.25) is 20.5 Å². The van der Waals surface area contributed by atoms with Crippen molar-refractivity contribution >= 4 is 40.7 Å². The number of aliphatic carboxylic acids is 1. The number of hydrogen-bond acceptors (Lipinski definition) is 9. The van der Waals surface area contributed by atoms with Crippen LogP contribution in [0.1, 0.15) is 6.42 Å². The van der Waals surface area contributed by atoms with Crippen LogP contribution in [0, 0.1) is 5.92 Å². The molecule has 0 heterocycles. The third-order valence-corrected chi connectivity index (χ3v) is 4.04. The zero-order valence-corrected chi connectivity index (χ0v) is 16.5. The minimum atomic E-state index is -0.944. The quantitative estimate of drug-likeness (QED) is 0.112. The molecule has 27 heavy (non-hydrogen) atoms. The Morgan fingerprint density at radius 1 is 1.07 bits per heavy atom. The molecule has 10 nitrogen and oxygen atoms in total. The van der Waals surface area contributed by atoms with Gasteiger partial charge in [-0.05, 0) is 59.1 Å².